The summed E-state index contributed by atoms with van der Waals surface area (Å²) < 4.78 is 16.8. The van der Waals surface area contributed by atoms with E-state index in [2.05, 4.69) is 123 Å². The van der Waals surface area contributed by atoms with Gasteiger partial charge in [0.25, 0.3) is 0 Å². The second-order valence-corrected chi connectivity index (χ2v) is 16.4. The van der Waals surface area contributed by atoms with Gasteiger partial charge in [0.05, 0.1) is 0 Å². The van der Waals surface area contributed by atoms with Gasteiger partial charge < -0.3 is 37.2 Å². The number of hydrogen-bond acceptors (Lipinski definition) is 3. The van der Waals surface area contributed by atoms with E-state index in [0.717, 1.165) is 17.2 Å². The van der Waals surface area contributed by atoms with Crippen LogP contribution in [0.5, 0.6) is 17.2 Å². The summed E-state index contributed by atoms with van der Waals surface area (Å²) in [6.45, 7) is 16.0. The molecule has 3 aromatic carbocycles. The first-order chi connectivity index (χ1) is 18.0. The van der Waals surface area contributed by atoms with Gasteiger partial charge >= 0.3 is 242 Å². The molecule has 0 saturated carbocycles. The summed E-state index contributed by atoms with van der Waals surface area (Å²) in [5.41, 5.74) is 9.50. The van der Waals surface area contributed by atoms with E-state index in [0.29, 0.717) is 0 Å². The van der Waals surface area contributed by atoms with E-state index in [1.807, 2.05) is 0 Å². The second-order valence-electron chi connectivity index (χ2n) is 10.5. The molecule has 0 aromatic heterocycles. The van der Waals surface area contributed by atoms with Crippen LogP contribution in [0.4, 0.5) is 0 Å². The molecule has 3 aromatic rings. The molecule has 0 unspecified atom stereocenters. The van der Waals surface area contributed by atoms with Crippen molar-refractivity contribution in [2.45, 2.75) is 51.8 Å². The van der Waals surface area contributed by atoms with Gasteiger partial charge in [0.15, 0.2) is 0 Å². The van der Waals surface area contributed by atoms with E-state index in [-0.39, 0.29) is 40.6 Å². The van der Waals surface area contributed by atoms with Crippen molar-refractivity contribution in [3.05, 3.63) is 93.6 Å². The predicted octanol–water partition coefficient (Wildman–Crippen LogP) is -2.95. The van der Waals surface area contributed by atoms with Gasteiger partial charge in [-0.25, -0.2) is 0 Å². The fraction of sp³-hybridized carbons (Fsp3) is 0.333. The van der Waals surface area contributed by atoms with Crippen LogP contribution in [0.25, 0.3) is 0 Å². The zero-order valence-corrected chi connectivity index (χ0v) is 30.4. The molecule has 0 saturated heterocycles. The minimum absolute atomic E-state index is 0. The van der Waals surface area contributed by atoms with E-state index in [1.165, 1.54) is 54.5 Å². The van der Waals surface area contributed by atoms with E-state index in [1.54, 1.807) is 21.3 Å². The summed E-state index contributed by atoms with van der Waals surface area (Å²) in [7, 11) is 2.38. The molecular weight excluding hydrogens is 627 g/mol. The first-order valence-corrected chi connectivity index (χ1v) is 15.8. The van der Waals surface area contributed by atoms with Gasteiger partial charge in [-0.1, -0.05) is 0 Å². The van der Waals surface area contributed by atoms with Crippen LogP contribution in [-0.4, -0.2) is 29.4 Å². The Morgan fingerprint density at radius 2 is 0.780 bits per heavy atom. The van der Waals surface area contributed by atoms with E-state index in [4.69, 9.17) is 14.2 Å². The molecule has 4 rings (SSSR count). The number of benzene rings is 3. The third-order valence-corrected chi connectivity index (χ3v) is 17.8. The summed E-state index contributed by atoms with van der Waals surface area (Å²) in [6.07, 6.45) is 0. The van der Waals surface area contributed by atoms with Crippen molar-refractivity contribution in [1.29, 1.82) is 0 Å². The van der Waals surface area contributed by atoms with Crippen molar-refractivity contribution >= 4 is 23.6 Å². The Kier molecular flexibility index (Phi) is 12.9. The predicted molar refractivity (Wildman–Crippen MR) is 157 cm³/mol. The van der Waals surface area contributed by atoms with Crippen LogP contribution in [0.3, 0.4) is 0 Å². The summed E-state index contributed by atoms with van der Waals surface area (Å²) in [4.78, 5) is 0. The molecule has 0 N–H and O–H groups in total. The van der Waals surface area contributed by atoms with Crippen LogP contribution in [0.1, 0.15) is 44.4 Å². The molecule has 1 aliphatic carbocycles. The Bertz CT molecular complexity index is 1330. The molecule has 1 aliphatic rings. The number of rotatable bonds is 7. The molecule has 0 amide bonds. The molecule has 0 radical (unpaired) electrons. The Labute approximate surface area is 277 Å². The van der Waals surface area contributed by atoms with Crippen molar-refractivity contribution in [3.63, 3.8) is 0 Å². The van der Waals surface area contributed by atoms with Gasteiger partial charge in [-0.05, 0) is 0 Å². The maximum atomic E-state index is 5.67. The van der Waals surface area contributed by atoms with Crippen LogP contribution in [-0.2, 0) is 20.4 Å². The van der Waals surface area contributed by atoms with Gasteiger partial charge in [0.1, 0.15) is 0 Å². The Morgan fingerprint density at radius 3 is 1.00 bits per heavy atom. The molecule has 8 heteroatoms. The molecule has 0 spiro atoms. The molecule has 0 bridgehead atoms. The SMILES string of the molecule is COc1ccc([Si](c2ccc(OC)cc2C)(c2ccc(OC)cc2C)[C]2([Ti+3])C(C)=C(C)C(C)=C2C)c(C)c1.[Cl-].[Cl-].[Cl-]. The number of methoxy groups -OCH3 is 3. The van der Waals surface area contributed by atoms with E-state index < -0.39 is 8.07 Å². The number of aryl methyl sites for hydroxylation is 3. The first kappa shape index (κ1) is 37.4. The third-order valence-electron chi connectivity index (χ3n) is 8.89. The van der Waals surface area contributed by atoms with Crippen LogP contribution < -0.4 is 67.0 Å². The van der Waals surface area contributed by atoms with Crippen molar-refractivity contribution in [3.8, 4) is 17.2 Å². The van der Waals surface area contributed by atoms with Gasteiger partial charge in [0, 0.05) is 0 Å². The molecule has 41 heavy (non-hydrogen) atoms. The fourth-order valence-corrected chi connectivity index (χ4v) is 15.6. The summed E-state index contributed by atoms with van der Waals surface area (Å²) in [5, 5.41) is 4.22. The smallest absolute Gasteiger partial charge is 1.00 e. The topological polar surface area (TPSA) is 27.7 Å². The molecule has 218 valence electrons. The number of hydrogen-bond donors (Lipinski definition) is 0. The van der Waals surface area contributed by atoms with Crippen LogP contribution in [0.2, 0.25) is 3.34 Å². The summed E-state index contributed by atoms with van der Waals surface area (Å²) in [5.74, 6) is 2.65. The zero-order valence-electron chi connectivity index (χ0n) is 25.6. The van der Waals surface area contributed by atoms with Gasteiger partial charge in [-0.15, -0.1) is 0 Å². The van der Waals surface area contributed by atoms with Crippen molar-refractivity contribution in [2.24, 2.45) is 0 Å². The Balaban J connectivity index is 0.00000280. The van der Waals surface area contributed by atoms with Crippen LogP contribution >= 0.6 is 0 Å². The minimum Gasteiger partial charge on any atom is -1.00 e. The standard InChI is InChI=1S/C33H39O3Si.3ClH.Ti/c1-20-17-27(34-8)11-14-30(20)37(31-15-12-28(35-9)18-21(31)2,32-16-13-29(36-10)19-22(32)3)33-25(6)23(4)24(5)26(33)7;;;;/h11-19H,1-10H3;3*1H;/q;;;;+3/p-3. The minimum atomic E-state index is -2.85. The fourth-order valence-electron chi connectivity index (χ4n) is 6.56. The zero-order chi connectivity index (χ0) is 28.0. The van der Waals surface area contributed by atoms with Crippen molar-refractivity contribution in [2.75, 3.05) is 21.3 Å². The maximum absolute atomic E-state index is 5.67. The Morgan fingerprint density at radius 1 is 0.512 bits per heavy atom. The first-order valence-electron chi connectivity index (χ1n) is 13.1. The largest absolute Gasteiger partial charge is 1.00 e. The summed E-state index contributed by atoms with van der Waals surface area (Å²) >= 11 is 2.50. The van der Waals surface area contributed by atoms with E-state index >= 15 is 0 Å². The third kappa shape index (κ3) is 5.69. The molecule has 0 heterocycles. The van der Waals surface area contributed by atoms with Gasteiger partial charge in [-0.3, -0.25) is 0 Å². The maximum Gasteiger partial charge on any atom is -1.00 e. The van der Waals surface area contributed by atoms with Crippen molar-refractivity contribution < 1.29 is 71.9 Å². The summed E-state index contributed by atoms with van der Waals surface area (Å²) in [6, 6.07) is 20.0. The van der Waals surface area contributed by atoms with E-state index in [9.17, 15) is 0 Å². The second kappa shape index (κ2) is 14.2. The normalized spacial score (nSPS) is 14.1. The number of ether oxygens (including phenoxy) is 3. The monoisotopic (exact) mass is 664 g/mol. The molecule has 3 nitrogen and oxygen atoms in total. The van der Waals surface area contributed by atoms with Gasteiger partial charge in [0.2, 0.25) is 0 Å². The average molecular weight is 666 g/mol. The van der Waals surface area contributed by atoms with Gasteiger partial charge in [-0.2, -0.15) is 0 Å². The molecule has 0 fully saturated rings. The van der Waals surface area contributed by atoms with Crippen LogP contribution in [0.15, 0.2) is 76.9 Å². The molecular formula is C33H39Cl3O3SiTi. The average Bonchev–Trinajstić information content (AvgIpc) is 3.06. The molecule has 0 atom stereocenters. The van der Waals surface area contributed by atoms with Crippen LogP contribution in [0, 0.1) is 20.8 Å². The quantitative estimate of drug-likeness (QED) is 0.200. The van der Waals surface area contributed by atoms with Crippen molar-refractivity contribution in [1.82, 2.24) is 0 Å². The Hall–Kier alpha value is -1.66. The number of halogens is 3. The molecule has 0 aliphatic heterocycles. The number of allylic oxidation sites excluding steroid dienone is 4.